The first-order chi connectivity index (χ1) is 8.79. The van der Waals surface area contributed by atoms with Crippen molar-refractivity contribution in [1.82, 2.24) is 15.5 Å². The average Bonchev–Trinajstić information content (AvgIpc) is 2.98. The van der Waals surface area contributed by atoms with Crippen molar-refractivity contribution in [2.24, 2.45) is 0 Å². The van der Waals surface area contributed by atoms with Crippen LogP contribution in [0.2, 0.25) is 0 Å². The molecule has 1 amide bonds. The number of carbonyl (C=O) groups excluding carboxylic acids is 1. The van der Waals surface area contributed by atoms with E-state index in [9.17, 15) is 4.79 Å². The fourth-order valence-electron chi connectivity index (χ4n) is 2.04. The number of nitrogens with one attached hydrogen (secondary N) is 2. The molecule has 1 aromatic rings. The van der Waals surface area contributed by atoms with Crippen molar-refractivity contribution < 1.29 is 9.21 Å². The number of unbranched alkanes of at least 4 members (excludes halogenated alkanes) is 2. The Labute approximate surface area is 107 Å². The fraction of sp³-hybridized carbons (Fsp3) is 0.750. The predicted molar refractivity (Wildman–Crippen MR) is 67.0 cm³/mol. The van der Waals surface area contributed by atoms with Gasteiger partial charge in [-0.3, -0.25) is 10.1 Å². The Morgan fingerprint density at radius 2 is 2.39 bits per heavy atom. The maximum absolute atomic E-state index is 11.6. The number of hydrogen-bond acceptors (Lipinski definition) is 5. The van der Waals surface area contributed by atoms with Gasteiger partial charge in [0.15, 0.2) is 0 Å². The molecule has 0 bridgehead atoms. The zero-order chi connectivity index (χ0) is 12.8. The summed E-state index contributed by atoms with van der Waals surface area (Å²) in [5.74, 6) is 0.509. The highest BCUT2D eigenvalue weighted by Crippen LogP contribution is 2.22. The molecule has 2 heterocycles. The van der Waals surface area contributed by atoms with Gasteiger partial charge in [0, 0.05) is 6.42 Å². The monoisotopic (exact) mass is 252 g/mol. The van der Waals surface area contributed by atoms with Gasteiger partial charge in [0.1, 0.15) is 0 Å². The lowest BCUT2D eigenvalue weighted by molar-refractivity contribution is -0.116. The Balaban J connectivity index is 1.80. The maximum atomic E-state index is 11.6. The summed E-state index contributed by atoms with van der Waals surface area (Å²) in [6.45, 7) is 3.09. The molecule has 2 N–H and O–H groups in total. The van der Waals surface area contributed by atoms with E-state index in [4.69, 9.17) is 4.42 Å². The van der Waals surface area contributed by atoms with E-state index in [1.807, 2.05) is 0 Å². The van der Waals surface area contributed by atoms with Crippen molar-refractivity contribution in [3.63, 3.8) is 0 Å². The normalized spacial score (nSPS) is 19.1. The maximum Gasteiger partial charge on any atom is 0.322 e. The van der Waals surface area contributed by atoms with Gasteiger partial charge in [-0.2, -0.15) is 0 Å². The van der Waals surface area contributed by atoms with Crippen LogP contribution in [0.3, 0.4) is 0 Å². The molecule has 6 nitrogen and oxygen atoms in total. The number of hydrogen-bond donors (Lipinski definition) is 2. The molecule has 0 saturated carbocycles. The number of aromatic nitrogens is 2. The fourth-order valence-corrected chi connectivity index (χ4v) is 2.04. The van der Waals surface area contributed by atoms with Gasteiger partial charge in [0.25, 0.3) is 0 Å². The lowest BCUT2D eigenvalue weighted by atomic mass is 10.2. The Morgan fingerprint density at radius 1 is 1.50 bits per heavy atom. The summed E-state index contributed by atoms with van der Waals surface area (Å²) in [4.78, 5) is 11.6. The van der Waals surface area contributed by atoms with E-state index < -0.39 is 0 Å². The average molecular weight is 252 g/mol. The van der Waals surface area contributed by atoms with Crippen molar-refractivity contribution in [2.75, 3.05) is 11.9 Å². The molecule has 6 heteroatoms. The minimum absolute atomic E-state index is 0.0574. The first-order valence-electron chi connectivity index (χ1n) is 6.66. The largest absolute Gasteiger partial charge is 0.406 e. The summed E-state index contributed by atoms with van der Waals surface area (Å²) in [5, 5.41) is 13.7. The van der Waals surface area contributed by atoms with E-state index in [-0.39, 0.29) is 18.0 Å². The summed E-state index contributed by atoms with van der Waals surface area (Å²) >= 11 is 0. The smallest absolute Gasteiger partial charge is 0.322 e. The molecular formula is C12H20N4O2. The van der Waals surface area contributed by atoms with Crippen LogP contribution in [0, 0.1) is 0 Å². The number of anilines is 1. The highest BCUT2D eigenvalue weighted by molar-refractivity contribution is 5.88. The van der Waals surface area contributed by atoms with E-state index in [2.05, 4.69) is 27.8 Å². The first-order valence-corrected chi connectivity index (χ1v) is 6.66. The van der Waals surface area contributed by atoms with Gasteiger partial charge in [0.2, 0.25) is 11.8 Å². The molecule has 1 fully saturated rings. The number of amides is 1. The van der Waals surface area contributed by atoms with Gasteiger partial charge in [-0.15, -0.1) is 5.10 Å². The topological polar surface area (TPSA) is 80.0 Å². The van der Waals surface area contributed by atoms with E-state index >= 15 is 0 Å². The SMILES string of the molecule is CCCCCC(=O)Nc1nnc(C2CCCN2)o1. The van der Waals surface area contributed by atoms with E-state index in [1.54, 1.807) is 0 Å². The van der Waals surface area contributed by atoms with Crippen LogP contribution in [0.15, 0.2) is 4.42 Å². The third-order valence-corrected chi connectivity index (χ3v) is 3.05. The van der Waals surface area contributed by atoms with Gasteiger partial charge in [-0.1, -0.05) is 24.9 Å². The number of rotatable bonds is 6. The molecule has 1 atom stereocenters. The molecule has 1 aliphatic heterocycles. The minimum atomic E-state index is -0.0574. The second-order valence-corrected chi connectivity index (χ2v) is 4.60. The van der Waals surface area contributed by atoms with Crippen LogP contribution in [-0.4, -0.2) is 22.6 Å². The molecule has 0 aliphatic carbocycles. The molecule has 18 heavy (non-hydrogen) atoms. The summed E-state index contributed by atoms with van der Waals surface area (Å²) < 4.78 is 5.43. The molecule has 0 aromatic carbocycles. The van der Waals surface area contributed by atoms with Gasteiger partial charge < -0.3 is 9.73 Å². The summed E-state index contributed by atoms with van der Waals surface area (Å²) in [6, 6.07) is 0.350. The number of carbonyl (C=O) groups is 1. The molecule has 1 unspecified atom stereocenters. The van der Waals surface area contributed by atoms with Crippen LogP contribution < -0.4 is 10.6 Å². The van der Waals surface area contributed by atoms with E-state index in [0.717, 1.165) is 38.6 Å². The third-order valence-electron chi connectivity index (χ3n) is 3.05. The van der Waals surface area contributed by atoms with Crippen molar-refractivity contribution in [1.29, 1.82) is 0 Å². The molecule has 0 radical (unpaired) electrons. The Bertz CT molecular complexity index is 385. The summed E-state index contributed by atoms with van der Waals surface area (Å²) in [6.07, 6.45) is 5.69. The second kappa shape index (κ2) is 6.49. The zero-order valence-corrected chi connectivity index (χ0v) is 10.7. The lowest BCUT2D eigenvalue weighted by Gasteiger charge is -2.02. The van der Waals surface area contributed by atoms with Crippen LogP contribution in [0.1, 0.15) is 57.4 Å². The van der Waals surface area contributed by atoms with E-state index in [1.165, 1.54) is 0 Å². The predicted octanol–water partition coefficient (Wildman–Crippen LogP) is 2.01. The zero-order valence-electron chi connectivity index (χ0n) is 10.7. The highest BCUT2D eigenvalue weighted by Gasteiger charge is 2.22. The van der Waals surface area contributed by atoms with Crippen LogP contribution in [0.25, 0.3) is 0 Å². The Hall–Kier alpha value is -1.43. The number of nitrogens with zero attached hydrogens (tertiary/aromatic N) is 2. The lowest BCUT2D eigenvalue weighted by Crippen LogP contribution is -2.13. The Kier molecular flexibility index (Phi) is 4.69. The standard InChI is InChI=1S/C12H20N4O2/c1-2-3-4-7-10(17)14-12-16-15-11(18-12)9-6-5-8-13-9/h9,13H,2-8H2,1H3,(H,14,16,17). The summed E-state index contributed by atoms with van der Waals surface area (Å²) in [5.41, 5.74) is 0. The third kappa shape index (κ3) is 3.53. The van der Waals surface area contributed by atoms with Crippen LogP contribution in [0.4, 0.5) is 6.01 Å². The minimum Gasteiger partial charge on any atom is -0.406 e. The Morgan fingerprint density at radius 3 is 3.11 bits per heavy atom. The first kappa shape index (κ1) is 13.0. The van der Waals surface area contributed by atoms with Crippen molar-refractivity contribution in [3.8, 4) is 0 Å². The van der Waals surface area contributed by atoms with E-state index in [0.29, 0.717) is 12.3 Å². The van der Waals surface area contributed by atoms with Crippen LogP contribution in [0.5, 0.6) is 0 Å². The van der Waals surface area contributed by atoms with Gasteiger partial charge in [-0.05, 0) is 25.8 Å². The van der Waals surface area contributed by atoms with Crippen molar-refractivity contribution >= 4 is 11.9 Å². The van der Waals surface area contributed by atoms with Gasteiger partial charge in [-0.25, -0.2) is 0 Å². The van der Waals surface area contributed by atoms with Gasteiger partial charge >= 0.3 is 6.01 Å². The summed E-state index contributed by atoms with van der Waals surface area (Å²) in [7, 11) is 0. The molecule has 0 spiro atoms. The highest BCUT2D eigenvalue weighted by atomic mass is 16.4. The molecule has 2 rings (SSSR count). The quantitative estimate of drug-likeness (QED) is 0.757. The van der Waals surface area contributed by atoms with Crippen LogP contribution >= 0.6 is 0 Å². The second-order valence-electron chi connectivity index (χ2n) is 4.60. The molecule has 100 valence electrons. The van der Waals surface area contributed by atoms with Crippen molar-refractivity contribution in [3.05, 3.63) is 5.89 Å². The molecule has 1 aliphatic rings. The van der Waals surface area contributed by atoms with Gasteiger partial charge in [0.05, 0.1) is 6.04 Å². The molecule has 1 aromatic heterocycles. The molecular weight excluding hydrogens is 232 g/mol. The molecule has 1 saturated heterocycles. The van der Waals surface area contributed by atoms with Crippen LogP contribution in [-0.2, 0) is 4.79 Å². The van der Waals surface area contributed by atoms with Crippen molar-refractivity contribution in [2.45, 2.75) is 51.5 Å².